The van der Waals surface area contributed by atoms with Gasteiger partial charge >= 0.3 is 0 Å². The van der Waals surface area contributed by atoms with Crippen LogP contribution in [0.1, 0.15) is 0 Å². The van der Waals surface area contributed by atoms with Crippen molar-refractivity contribution in [3.8, 4) is 5.75 Å². The Kier molecular flexibility index (Phi) is 2.06. The quantitative estimate of drug-likeness (QED) is 0.523. The summed E-state index contributed by atoms with van der Waals surface area (Å²) in [4.78, 5) is 0. The monoisotopic (exact) mass is 221 g/mol. The maximum atomic E-state index is 9.10. The third-order valence-electron chi connectivity index (χ3n) is 1.11. The van der Waals surface area contributed by atoms with Crippen LogP contribution in [0.3, 0.4) is 0 Å². The minimum absolute atomic E-state index is 0.0731. The second kappa shape index (κ2) is 2.68. The molecular weight excluding hydrogens is 217 g/mol. The van der Waals surface area contributed by atoms with Gasteiger partial charge in [-0.1, -0.05) is 11.6 Å². The standard InChI is InChI=1S/C6H5BrClNO/c7-3-1-2-4(8)6(10)5(3)9/h1-2,10H,9H2. The van der Waals surface area contributed by atoms with Crippen molar-refractivity contribution in [1.82, 2.24) is 0 Å². The Morgan fingerprint density at radius 2 is 2.10 bits per heavy atom. The molecule has 0 spiro atoms. The number of nitrogen functional groups attached to an aromatic ring is 1. The number of aromatic hydroxyl groups is 1. The molecule has 0 atom stereocenters. The van der Waals surface area contributed by atoms with Gasteiger partial charge in [-0.05, 0) is 28.1 Å². The van der Waals surface area contributed by atoms with Crippen molar-refractivity contribution >= 4 is 33.2 Å². The number of anilines is 1. The lowest BCUT2D eigenvalue weighted by Gasteiger charge is -2.01. The second-order valence-corrected chi connectivity index (χ2v) is 3.05. The fraction of sp³-hybridized carbons (Fsp3) is 0. The van der Waals surface area contributed by atoms with Gasteiger partial charge in [0, 0.05) is 4.47 Å². The normalized spacial score (nSPS) is 9.80. The largest absolute Gasteiger partial charge is 0.504 e. The van der Waals surface area contributed by atoms with E-state index in [4.69, 9.17) is 22.4 Å². The van der Waals surface area contributed by atoms with Gasteiger partial charge in [-0.2, -0.15) is 0 Å². The molecule has 0 unspecified atom stereocenters. The molecule has 3 N–H and O–H groups in total. The lowest BCUT2D eigenvalue weighted by atomic mass is 10.3. The minimum atomic E-state index is -0.0731. The molecule has 0 aliphatic rings. The molecule has 0 radical (unpaired) electrons. The highest BCUT2D eigenvalue weighted by Gasteiger charge is 2.04. The SMILES string of the molecule is Nc1c(Br)ccc(Cl)c1O. The molecule has 0 amide bonds. The fourth-order valence-corrected chi connectivity index (χ4v) is 1.04. The predicted molar refractivity (Wildman–Crippen MR) is 45.2 cm³/mol. The fourth-order valence-electron chi connectivity index (χ4n) is 0.557. The van der Waals surface area contributed by atoms with Crippen molar-refractivity contribution in [2.75, 3.05) is 5.73 Å². The van der Waals surface area contributed by atoms with E-state index in [0.29, 0.717) is 4.47 Å². The smallest absolute Gasteiger partial charge is 0.158 e. The van der Waals surface area contributed by atoms with Crippen LogP contribution in [0.5, 0.6) is 5.75 Å². The number of rotatable bonds is 0. The maximum absolute atomic E-state index is 9.10. The van der Waals surface area contributed by atoms with Crippen LogP contribution in [-0.4, -0.2) is 5.11 Å². The summed E-state index contributed by atoms with van der Waals surface area (Å²) in [6.07, 6.45) is 0. The number of phenolic OH excluding ortho intramolecular Hbond substituents is 1. The van der Waals surface area contributed by atoms with Crippen LogP contribution >= 0.6 is 27.5 Å². The van der Waals surface area contributed by atoms with Crippen molar-refractivity contribution in [1.29, 1.82) is 0 Å². The first-order valence-electron chi connectivity index (χ1n) is 2.55. The van der Waals surface area contributed by atoms with Gasteiger partial charge in [-0.3, -0.25) is 0 Å². The van der Waals surface area contributed by atoms with Gasteiger partial charge < -0.3 is 10.8 Å². The van der Waals surface area contributed by atoms with E-state index >= 15 is 0 Å². The highest BCUT2D eigenvalue weighted by molar-refractivity contribution is 9.10. The van der Waals surface area contributed by atoms with Crippen molar-refractivity contribution in [2.45, 2.75) is 0 Å². The zero-order chi connectivity index (χ0) is 7.72. The molecule has 0 saturated heterocycles. The molecule has 0 bridgehead atoms. The zero-order valence-electron chi connectivity index (χ0n) is 4.94. The first-order valence-corrected chi connectivity index (χ1v) is 3.72. The topological polar surface area (TPSA) is 46.2 Å². The lowest BCUT2D eigenvalue weighted by molar-refractivity contribution is 0.478. The molecule has 1 rings (SSSR count). The van der Waals surface area contributed by atoms with Gasteiger partial charge in [0.2, 0.25) is 0 Å². The summed E-state index contributed by atoms with van der Waals surface area (Å²) in [6.45, 7) is 0. The molecule has 10 heavy (non-hydrogen) atoms. The first-order chi connectivity index (χ1) is 4.63. The second-order valence-electron chi connectivity index (χ2n) is 1.79. The molecule has 0 saturated carbocycles. The number of hydrogen-bond acceptors (Lipinski definition) is 2. The molecular formula is C6H5BrClNO. The molecule has 0 aliphatic carbocycles. The number of benzene rings is 1. The van der Waals surface area contributed by atoms with Crippen LogP contribution in [0.4, 0.5) is 5.69 Å². The molecule has 0 heterocycles. The van der Waals surface area contributed by atoms with E-state index in [-0.39, 0.29) is 16.5 Å². The Balaban J connectivity index is 3.34. The van der Waals surface area contributed by atoms with Gasteiger partial charge in [0.1, 0.15) is 0 Å². The third-order valence-corrected chi connectivity index (χ3v) is 2.11. The number of hydrogen-bond donors (Lipinski definition) is 2. The summed E-state index contributed by atoms with van der Waals surface area (Å²) in [5, 5.41) is 9.36. The van der Waals surface area contributed by atoms with E-state index in [2.05, 4.69) is 15.9 Å². The van der Waals surface area contributed by atoms with Gasteiger partial charge in [0.15, 0.2) is 5.75 Å². The molecule has 54 valence electrons. The highest BCUT2D eigenvalue weighted by Crippen LogP contribution is 2.34. The summed E-state index contributed by atoms with van der Waals surface area (Å²) in [7, 11) is 0. The summed E-state index contributed by atoms with van der Waals surface area (Å²) in [5.41, 5.74) is 5.67. The Bertz CT molecular complexity index is 237. The van der Waals surface area contributed by atoms with E-state index in [1.807, 2.05) is 0 Å². The third kappa shape index (κ3) is 1.20. The average molecular weight is 222 g/mol. The van der Waals surface area contributed by atoms with Crippen LogP contribution in [0.25, 0.3) is 0 Å². The molecule has 0 fully saturated rings. The van der Waals surface area contributed by atoms with Crippen LogP contribution in [0, 0.1) is 0 Å². The van der Waals surface area contributed by atoms with Gasteiger partial charge in [-0.15, -0.1) is 0 Å². The molecule has 2 nitrogen and oxygen atoms in total. The summed E-state index contributed by atoms with van der Waals surface area (Å²) in [6, 6.07) is 3.24. The van der Waals surface area contributed by atoms with Gasteiger partial charge in [0.25, 0.3) is 0 Å². The van der Waals surface area contributed by atoms with E-state index in [1.54, 1.807) is 12.1 Å². The molecule has 0 aliphatic heterocycles. The van der Waals surface area contributed by atoms with Crippen LogP contribution in [-0.2, 0) is 0 Å². The van der Waals surface area contributed by atoms with Crippen molar-refractivity contribution in [3.63, 3.8) is 0 Å². The summed E-state index contributed by atoms with van der Waals surface area (Å²) < 4.78 is 0.648. The molecule has 4 heteroatoms. The first kappa shape index (κ1) is 7.69. The average Bonchev–Trinajstić information content (AvgIpc) is 1.93. The Morgan fingerprint density at radius 1 is 1.50 bits per heavy atom. The summed E-state index contributed by atoms with van der Waals surface area (Å²) in [5.74, 6) is -0.0731. The van der Waals surface area contributed by atoms with Crippen molar-refractivity contribution < 1.29 is 5.11 Å². The van der Waals surface area contributed by atoms with E-state index in [1.165, 1.54) is 0 Å². The van der Waals surface area contributed by atoms with E-state index in [9.17, 15) is 0 Å². The van der Waals surface area contributed by atoms with Crippen LogP contribution < -0.4 is 5.73 Å². The Hall–Kier alpha value is -0.410. The maximum Gasteiger partial charge on any atom is 0.158 e. The Labute approximate surface area is 71.7 Å². The lowest BCUT2D eigenvalue weighted by Crippen LogP contribution is -1.86. The van der Waals surface area contributed by atoms with E-state index in [0.717, 1.165) is 0 Å². The summed E-state index contributed by atoms with van der Waals surface area (Å²) >= 11 is 8.67. The predicted octanol–water partition coefficient (Wildman–Crippen LogP) is 2.39. The highest BCUT2D eigenvalue weighted by atomic mass is 79.9. The number of phenols is 1. The van der Waals surface area contributed by atoms with Gasteiger partial charge in [0.05, 0.1) is 10.7 Å². The minimum Gasteiger partial charge on any atom is -0.504 e. The Morgan fingerprint density at radius 3 is 2.60 bits per heavy atom. The van der Waals surface area contributed by atoms with Crippen LogP contribution in [0.15, 0.2) is 16.6 Å². The van der Waals surface area contributed by atoms with Crippen molar-refractivity contribution in [3.05, 3.63) is 21.6 Å². The molecule has 1 aromatic carbocycles. The zero-order valence-corrected chi connectivity index (χ0v) is 7.28. The molecule has 0 aromatic heterocycles. The number of nitrogens with two attached hydrogens (primary N) is 1. The molecule has 1 aromatic rings. The van der Waals surface area contributed by atoms with Gasteiger partial charge in [-0.25, -0.2) is 0 Å². The van der Waals surface area contributed by atoms with E-state index < -0.39 is 0 Å². The van der Waals surface area contributed by atoms with Crippen molar-refractivity contribution in [2.24, 2.45) is 0 Å². The number of halogens is 2. The van der Waals surface area contributed by atoms with Crippen LogP contribution in [0.2, 0.25) is 5.02 Å².